The van der Waals surface area contributed by atoms with E-state index in [0.29, 0.717) is 12.5 Å². The molecular weight excluding hydrogens is 326 g/mol. The fraction of sp³-hybridized carbons (Fsp3) is 0.333. The van der Waals surface area contributed by atoms with Crippen LogP contribution in [-0.4, -0.2) is 6.04 Å². The van der Waals surface area contributed by atoms with E-state index in [4.69, 9.17) is 10.5 Å². The lowest BCUT2D eigenvalue weighted by Gasteiger charge is -2.16. The van der Waals surface area contributed by atoms with Crippen molar-refractivity contribution >= 4 is 15.9 Å². The van der Waals surface area contributed by atoms with Gasteiger partial charge in [0.05, 0.1) is 4.47 Å². The van der Waals surface area contributed by atoms with E-state index in [9.17, 15) is 0 Å². The van der Waals surface area contributed by atoms with Crippen LogP contribution in [0.1, 0.15) is 25.0 Å². The van der Waals surface area contributed by atoms with Crippen molar-refractivity contribution in [3.63, 3.8) is 0 Å². The number of benzene rings is 2. The van der Waals surface area contributed by atoms with Crippen LogP contribution in [0.25, 0.3) is 0 Å². The molecule has 0 aromatic heterocycles. The van der Waals surface area contributed by atoms with Gasteiger partial charge in [0.25, 0.3) is 0 Å². The average molecular weight is 348 g/mol. The Morgan fingerprint density at radius 2 is 1.76 bits per heavy atom. The van der Waals surface area contributed by atoms with Crippen LogP contribution in [-0.2, 0) is 13.0 Å². The maximum atomic E-state index is 6.15. The van der Waals surface area contributed by atoms with Gasteiger partial charge in [-0.3, -0.25) is 0 Å². The maximum absolute atomic E-state index is 6.15. The molecule has 2 N–H and O–H groups in total. The van der Waals surface area contributed by atoms with Gasteiger partial charge < -0.3 is 10.5 Å². The molecule has 112 valence electrons. The molecule has 21 heavy (non-hydrogen) atoms. The molecule has 0 heterocycles. The second kappa shape index (κ2) is 7.62. The van der Waals surface area contributed by atoms with Crippen LogP contribution in [0, 0.1) is 5.92 Å². The molecule has 0 saturated heterocycles. The van der Waals surface area contributed by atoms with Gasteiger partial charge in [-0.15, -0.1) is 0 Å². The molecule has 2 nitrogen and oxygen atoms in total. The predicted octanol–water partition coefficient (Wildman–Crippen LogP) is 4.55. The first-order valence-corrected chi connectivity index (χ1v) is 8.06. The molecule has 3 heteroatoms. The van der Waals surface area contributed by atoms with Crippen LogP contribution >= 0.6 is 15.9 Å². The SMILES string of the molecule is CC(C)C(N)Cc1ccc(Br)c(OCc2ccccc2)c1. The van der Waals surface area contributed by atoms with Crippen molar-refractivity contribution < 1.29 is 4.74 Å². The van der Waals surface area contributed by atoms with Crippen LogP contribution in [0.15, 0.2) is 53.0 Å². The third-order valence-corrected chi connectivity index (χ3v) is 4.22. The molecule has 1 atom stereocenters. The van der Waals surface area contributed by atoms with Gasteiger partial charge in [0.1, 0.15) is 12.4 Å². The highest BCUT2D eigenvalue weighted by atomic mass is 79.9. The molecule has 0 bridgehead atoms. The first kappa shape index (κ1) is 16.1. The molecule has 0 radical (unpaired) electrons. The van der Waals surface area contributed by atoms with Crippen LogP contribution in [0.4, 0.5) is 0 Å². The molecule has 0 aliphatic carbocycles. The Bertz CT molecular complexity index is 569. The van der Waals surface area contributed by atoms with Gasteiger partial charge in [-0.05, 0) is 51.5 Å². The zero-order valence-corrected chi connectivity index (χ0v) is 14.1. The standard InChI is InChI=1S/C18H22BrNO/c1-13(2)17(20)10-15-8-9-16(19)18(11-15)21-12-14-6-4-3-5-7-14/h3-9,11,13,17H,10,12,20H2,1-2H3. The number of hydrogen-bond donors (Lipinski definition) is 1. The molecule has 0 fully saturated rings. The monoisotopic (exact) mass is 347 g/mol. The van der Waals surface area contributed by atoms with E-state index in [1.54, 1.807) is 0 Å². The van der Waals surface area contributed by atoms with Crippen LogP contribution in [0.3, 0.4) is 0 Å². The Labute approximate surface area is 135 Å². The van der Waals surface area contributed by atoms with Gasteiger partial charge in [-0.2, -0.15) is 0 Å². The summed E-state index contributed by atoms with van der Waals surface area (Å²) < 4.78 is 6.89. The lowest BCUT2D eigenvalue weighted by molar-refractivity contribution is 0.304. The van der Waals surface area contributed by atoms with E-state index < -0.39 is 0 Å². The summed E-state index contributed by atoms with van der Waals surface area (Å²) in [4.78, 5) is 0. The van der Waals surface area contributed by atoms with Gasteiger partial charge in [0.15, 0.2) is 0 Å². The van der Waals surface area contributed by atoms with Crippen LogP contribution in [0.2, 0.25) is 0 Å². The molecule has 0 saturated carbocycles. The Morgan fingerprint density at radius 1 is 1.05 bits per heavy atom. The zero-order valence-electron chi connectivity index (χ0n) is 12.6. The zero-order chi connectivity index (χ0) is 15.2. The molecule has 1 unspecified atom stereocenters. The fourth-order valence-electron chi connectivity index (χ4n) is 2.03. The minimum atomic E-state index is 0.174. The smallest absolute Gasteiger partial charge is 0.134 e. The summed E-state index contributed by atoms with van der Waals surface area (Å²) in [6.07, 6.45) is 0.868. The largest absolute Gasteiger partial charge is 0.488 e. The van der Waals surface area contributed by atoms with Gasteiger partial charge >= 0.3 is 0 Å². The van der Waals surface area contributed by atoms with E-state index in [-0.39, 0.29) is 6.04 Å². The number of hydrogen-bond acceptors (Lipinski definition) is 2. The van der Waals surface area contributed by atoms with Gasteiger partial charge in [0, 0.05) is 6.04 Å². The molecule has 0 aliphatic rings. The Hall–Kier alpha value is -1.32. The van der Waals surface area contributed by atoms with Gasteiger partial charge in [-0.25, -0.2) is 0 Å². The first-order chi connectivity index (χ1) is 10.1. The quantitative estimate of drug-likeness (QED) is 0.831. The number of ether oxygens (including phenoxy) is 1. The van der Waals surface area contributed by atoms with Crippen molar-refractivity contribution in [2.75, 3.05) is 0 Å². The van der Waals surface area contributed by atoms with E-state index in [1.165, 1.54) is 5.56 Å². The molecule has 0 amide bonds. The molecule has 0 spiro atoms. The third kappa shape index (κ3) is 4.87. The van der Waals surface area contributed by atoms with E-state index in [1.807, 2.05) is 24.3 Å². The van der Waals surface area contributed by atoms with Crippen molar-refractivity contribution in [2.45, 2.75) is 32.9 Å². The van der Waals surface area contributed by atoms with E-state index in [0.717, 1.165) is 22.2 Å². The molecule has 2 aromatic rings. The average Bonchev–Trinajstić information content (AvgIpc) is 2.48. The minimum Gasteiger partial charge on any atom is -0.488 e. The topological polar surface area (TPSA) is 35.2 Å². The Balaban J connectivity index is 2.05. The van der Waals surface area contributed by atoms with E-state index in [2.05, 4.69) is 54.0 Å². The summed E-state index contributed by atoms with van der Waals surface area (Å²) >= 11 is 3.54. The molecular formula is C18H22BrNO. The summed E-state index contributed by atoms with van der Waals surface area (Å²) in [7, 11) is 0. The summed E-state index contributed by atoms with van der Waals surface area (Å²) in [6, 6.07) is 16.6. The lowest BCUT2D eigenvalue weighted by Crippen LogP contribution is -2.28. The number of rotatable bonds is 6. The van der Waals surface area contributed by atoms with Gasteiger partial charge in [-0.1, -0.05) is 50.2 Å². The van der Waals surface area contributed by atoms with Crippen molar-refractivity contribution in [3.05, 3.63) is 64.1 Å². The molecule has 2 rings (SSSR count). The van der Waals surface area contributed by atoms with E-state index >= 15 is 0 Å². The third-order valence-electron chi connectivity index (χ3n) is 3.56. The van der Waals surface area contributed by atoms with Gasteiger partial charge in [0.2, 0.25) is 0 Å². The lowest BCUT2D eigenvalue weighted by atomic mass is 9.97. The van der Waals surface area contributed by atoms with Crippen LogP contribution < -0.4 is 10.5 Å². The highest BCUT2D eigenvalue weighted by Crippen LogP contribution is 2.27. The molecule has 2 aromatic carbocycles. The Morgan fingerprint density at radius 3 is 2.43 bits per heavy atom. The fourth-order valence-corrected chi connectivity index (χ4v) is 2.39. The van der Waals surface area contributed by atoms with Crippen molar-refractivity contribution in [1.82, 2.24) is 0 Å². The summed E-state index contributed by atoms with van der Waals surface area (Å²) in [5.74, 6) is 1.34. The summed E-state index contributed by atoms with van der Waals surface area (Å²) in [5, 5.41) is 0. The molecule has 0 aliphatic heterocycles. The normalized spacial score (nSPS) is 12.4. The highest BCUT2D eigenvalue weighted by molar-refractivity contribution is 9.10. The number of halogens is 1. The summed E-state index contributed by atoms with van der Waals surface area (Å²) in [6.45, 7) is 4.87. The highest BCUT2D eigenvalue weighted by Gasteiger charge is 2.10. The summed E-state index contributed by atoms with van der Waals surface area (Å²) in [5.41, 5.74) is 8.52. The second-order valence-electron chi connectivity index (χ2n) is 5.65. The Kier molecular flexibility index (Phi) is 5.83. The van der Waals surface area contributed by atoms with Crippen LogP contribution in [0.5, 0.6) is 5.75 Å². The predicted molar refractivity (Wildman–Crippen MR) is 91.4 cm³/mol. The van der Waals surface area contributed by atoms with Crippen molar-refractivity contribution in [1.29, 1.82) is 0 Å². The minimum absolute atomic E-state index is 0.174. The van der Waals surface area contributed by atoms with Crippen molar-refractivity contribution in [3.8, 4) is 5.75 Å². The van der Waals surface area contributed by atoms with Crippen molar-refractivity contribution in [2.24, 2.45) is 11.7 Å². The first-order valence-electron chi connectivity index (χ1n) is 7.27. The maximum Gasteiger partial charge on any atom is 0.134 e. The number of nitrogens with two attached hydrogens (primary N) is 1. The second-order valence-corrected chi connectivity index (χ2v) is 6.51.